The van der Waals surface area contributed by atoms with Crippen molar-refractivity contribution in [2.45, 2.75) is 25.8 Å². The summed E-state index contributed by atoms with van der Waals surface area (Å²) < 4.78 is 18.8. The molecule has 0 radical (unpaired) electrons. The van der Waals surface area contributed by atoms with Crippen molar-refractivity contribution in [2.24, 2.45) is 0 Å². The molecule has 140 valence electrons. The van der Waals surface area contributed by atoms with Crippen molar-refractivity contribution in [1.82, 2.24) is 5.32 Å². The molecule has 1 fully saturated rings. The second-order valence-electron chi connectivity index (χ2n) is 6.26. The average Bonchev–Trinajstić information content (AvgIpc) is 3.00. The molecule has 1 aliphatic heterocycles. The molecule has 1 heterocycles. The summed E-state index contributed by atoms with van der Waals surface area (Å²) in [6.07, 6.45) is 0.352. The maximum Gasteiger partial charge on any atom is 0.251 e. The molecule has 3 amide bonds. The third-order valence-electron chi connectivity index (χ3n) is 4.44. The molecule has 6 nitrogen and oxygen atoms in total. The van der Waals surface area contributed by atoms with Crippen LogP contribution in [0.15, 0.2) is 42.5 Å². The highest BCUT2D eigenvalue weighted by atomic mass is 19.1. The minimum absolute atomic E-state index is 0.130. The quantitative estimate of drug-likeness (QED) is 0.821. The molecule has 1 saturated heterocycles. The maximum atomic E-state index is 13.9. The number of nitrogens with one attached hydrogen (secondary N) is 1. The van der Waals surface area contributed by atoms with Gasteiger partial charge in [0.1, 0.15) is 0 Å². The van der Waals surface area contributed by atoms with E-state index in [0.717, 1.165) is 4.90 Å². The van der Waals surface area contributed by atoms with E-state index in [0.29, 0.717) is 16.8 Å². The molecule has 1 N–H and O–H groups in total. The monoisotopic (exact) mass is 370 g/mol. The third kappa shape index (κ3) is 3.81. The van der Waals surface area contributed by atoms with Gasteiger partial charge in [-0.3, -0.25) is 19.3 Å². The normalized spacial score (nSPS) is 15.0. The molecule has 1 unspecified atom stereocenters. The Morgan fingerprint density at radius 1 is 1.15 bits per heavy atom. The Labute approximate surface area is 155 Å². The third-order valence-corrected chi connectivity index (χ3v) is 4.44. The van der Waals surface area contributed by atoms with Gasteiger partial charge in [-0.05, 0) is 42.8 Å². The minimum Gasteiger partial charge on any atom is -0.494 e. The number of ether oxygens (including phenoxy) is 1. The van der Waals surface area contributed by atoms with Gasteiger partial charge in [0.05, 0.1) is 18.8 Å². The SMILES string of the molecule is COc1ccc(C(C)NC(=O)c2cccc(N3C(=O)CCC3=O)c2)cc1F. The van der Waals surface area contributed by atoms with E-state index in [1.54, 1.807) is 31.2 Å². The van der Waals surface area contributed by atoms with E-state index in [2.05, 4.69) is 5.32 Å². The van der Waals surface area contributed by atoms with Gasteiger partial charge in [-0.2, -0.15) is 0 Å². The van der Waals surface area contributed by atoms with Crippen molar-refractivity contribution in [1.29, 1.82) is 0 Å². The molecule has 2 aromatic carbocycles. The molecule has 0 spiro atoms. The topological polar surface area (TPSA) is 75.7 Å². The first kappa shape index (κ1) is 18.6. The predicted molar refractivity (Wildman–Crippen MR) is 97.0 cm³/mol. The van der Waals surface area contributed by atoms with E-state index in [1.165, 1.54) is 25.3 Å². The summed E-state index contributed by atoms with van der Waals surface area (Å²) in [5, 5.41) is 2.78. The van der Waals surface area contributed by atoms with Gasteiger partial charge < -0.3 is 10.1 Å². The zero-order valence-electron chi connectivity index (χ0n) is 15.0. The number of amides is 3. The Kier molecular flexibility index (Phi) is 5.21. The van der Waals surface area contributed by atoms with Crippen LogP contribution in [0.1, 0.15) is 41.7 Å². The Morgan fingerprint density at radius 3 is 2.48 bits per heavy atom. The van der Waals surface area contributed by atoms with Crippen LogP contribution in [-0.4, -0.2) is 24.8 Å². The van der Waals surface area contributed by atoms with Gasteiger partial charge in [0, 0.05) is 18.4 Å². The van der Waals surface area contributed by atoms with Crippen LogP contribution in [0.4, 0.5) is 10.1 Å². The average molecular weight is 370 g/mol. The van der Waals surface area contributed by atoms with Gasteiger partial charge >= 0.3 is 0 Å². The summed E-state index contributed by atoms with van der Waals surface area (Å²) >= 11 is 0. The Bertz CT molecular complexity index is 897. The summed E-state index contributed by atoms with van der Waals surface area (Å²) in [5.74, 6) is -1.33. The van der Waals surface area contributed by atoms with Crippen LogP contribution in [0, 0.1) is 5.82 Å². The molecular weight excluding hydrogens is 351 g/mol. The lowest BCUT2D eigenvalue weighted by atomic mass is 10.1. The number of carbonyl (C=O) groups is 3. The molecule has 1 atom stereocenters. The molecule has 2 aromatic rings. The van der Waals surface area contributed by atoms with E-state index in [4.69, 9.17) is 4.74 Å². The van der Waals surface area contributed by atoms with Crippen LogP contribution in [0.2, 0.25) is 0 Å². The predicted octanol–water partition coefficient (Wildman–Crippen LogP) is 2.98. The maximum absolute atomic E-state index is 13.9. The van der Waals surface area contributed by atoms with Crippen LogP contribution < -0.4 is 15.0 Å². The molecular formula is C20H19FN2O4. The summed E-state index contributed by atoms with van der Waals surface area (Å²) in [7, 11) is 1.38. The lowest BCUT2D eigenvalue weighted by Crippen LogP contribution is -2.30. The molecule has 0 aliphatic carbocycles. The van der Waals surface area contributed by atoms with Gasteiger partial charge in [-0.25, -0.2) is 4.39 Å². The van der Waals surface area contributed by atoms with E-state index in [-0.39, 0.29) is 36.3 Å². The Morgan fingerprint density at radius 2 is 1.85 bits per heavy atom. The zero-order chi connectivity index (χ0) is 19.6. The summed E-state index contributed by atoms with van der Waals surface area (Å²) in [6.45, 7) is 1.73. The molecule has 3 rings (SSSR count). The van der Waals surface area contributed by atoms with Gasteiger partial charge in [-0.15, -0.1) is 0 Å². The largest absolute Gasteiger partial charge is 0.494 e. The van der Waals surface area contributed by atoms with Crippen molar-refractivity contribution >= 4 is 23.4 Å². The number of imide groups is 1. The van der Waals surface area contributed by atoms with Crippen molar-refractivity contribution in [3.05, 3.63) is 59.4 Å². The van der Waals surface area contributed by atoms with Crippen LogP contribution in [0.3, 0.4) is 0 Å². The number of methoxy groups -OCH3 is 1. The Balaban J connectivity index is 1.76. The first-order valence-corrected chi connectivity index (χ1v) is 8.51. The fourth-order valence-corrected chi connectivity index (χ4v) is 2.97. The minimum atomic E-state index is -0.510. The van der Waals surface area contributed by atoms with E-state index >= 15 is 0 Å². The lowest BCUT2D eigenvalue weighted by molar-refractivity contribution is -0.121. The lowest BCUT2D eigenvalue weighted by Gasteiger charge is -2.17. The molecule has 1 aliphatic rings. The number of benzene rings is 2. The first-order chi connectivity index (χ1) is 12.9. The number of hydrogen-bond donors (Lipinski definition) is 1. The van der Waals surface area contributed by atoms with Crippen molar-refractivity contribution in [2.75, 3.05) is 12.0 Å². The van der Waals surface area contributed by atoms with Crippen LogP contribution in [0.5, 0.6) is 5.75 Å². The standard InChI is InChI=1S/C20H19FN2O4/c1-12(13-6-7-17(27-2)16(21)11-13)22-20(26)14-4-3-5-15(10-14)23-18(24)8-9-19(23)25/h3-7,10-12H,8-9H2,1-2H3,(H,22,26). The Hall–Kier alpha value is -3.22. The fraction of sp³-hybridized carbons (Fsp3) is 0.250. The van der Waals surface area contributed by atoms with Gasteiger partial charge in [-0.1, -0.05) is 12.1 Å². The zero-order valence-corrected chi connectivity index (χ0v) is 15.0. The van der Waals surface area contributed by atoms with E-state index in [1.807, 2.05) is 0 Å². The number of anilines is 1. The second-order valence-corrected chi connectivity index (χ2v) is 6.26. The van der Waals surface area contributed by atoms with Crippen molar-refractivity contribution in [3.8, 4) is 5.75 Å². The number of nitrogens with zero attached hydrogens (tertiary/aromatic N) is 1. The number of halogens is 1. The molecule has 7 heteroatoms. The molecule has 0 aromatic heterocycles. The summed E-state index contributed by atoms with van der Waals surface area (Å²) in [4.78, 5) is 37.4. The van der Waals surface area contributed by atoms with Gasteiger partial charge in [0.15, 0.2) is 11.6 Å². The van der Waals surface area contributed by atoms with Crippen molar-refractivity contribution in [3.63, 3.8) is 0 Å². The highest BCUT2D eigenvalue weighted by molar-refractivity contribution is 6.20. The molecule has 27 heavy (non-hydrogen) atoms. The summed E-state index contributed by atoms with van der Waals surface area (Å²) in [5.41, 5.74) is 1.27. The highest BCUT2D eigenvalue weighted by Gasteiger charge is 2.30. The summed E-state index contributed by atoms with van der Waals surface area (Å²) in [6, 6.07) is 10.3. The molecule has 0 bridgehead atoms. The number of carbonyl (C=O) groups excluding carboxylic acids is 3. The first-order valence-electron chi connectivity index (χ1n) is 8.51. The number of hydrogen-bond acceptors (Lipinski definition) is 4. The van der Waals surface area contributed by atoms with Crippen LogP contribution in [-0.2, 0) is 9.59 Å². The van der Waals surface area contributed by atoms with E-state index in [9.17, 15) is 18.8 Å². The van der Waals surface area contributed by atoms with Crippen LogP contribution in [0.25, 0.3) is 0 Å². The fourth-order valence-electron chi connectivity index (χ4n) is 2.97. The number of rotatable bonds is 5. The molecule has 0 saturated carbocycles. The second kappa shape index (κ2) is 7.57. The smallest absolute Gasteiger partial charge is 0.251 e. The highest BCUT2D eigenvalue weighted by Crippen LogP contribution is 2.25. The van der Waals surface area contributed by atoms with Crippen LogP contribution >= 0.6 is 0 Å². The van der Waals surface area contributed by atoms with E-state index < -0.39 is 11.9 Å². The van der Waals surface area contributed by atoms with Gasteiger partial charge in [0.25, 0.3) is 5.91 Å². The van der Waals surface area contributed by atoms with Crippen molar-refractivity contribution < 1.29 is 23.5 Å². The van der Waals surface area contributed by atoms with Gasteiger partial charge in [0.2, 0.25) is 11.8 Å².